The number of anilines is 1. The summed E-state index contributed by atoms with van der Waals surface area (Å²) in [5.41, 5.74) is 0.0757. The van der Waals surface area contributed by atoms with Gasteiger partial charge in [-0.2, -0.15) is 0 Å². The lowest BCUT2D eigenvalue weighted by Gasteiger charge is -2.40. The molecule has 1 saturated heterocycles. The van der Waals surface area contributed by atoms with Crippen LogP contribution in [0.4, 0.5) is 14.6 Å². The van der Waals surface area contributed by atoms with E-state index in [1.54, 1.807) is 11.0 Å². The fraction of sp³-hybridized carbons (Fsp3) is 0.304. The summed E-state index contributed by atoms with van der Waals surface area (Å²) < 4.78 is 29.3. The van der Waals surface area contributed by atoms with E-state index < -0.39 is 11.6 Å². The van der Waals surface area contributed by atoms with E-state index in [2.05, 4.69) is 21.5 Å². The maximum atomic E-state index is 15.2. The van der Waals surface area contributed by atoms with Gasteiger partial charge in [0, 0.05) is 37.4 Å². The fourth-order valence-electron chi connectivity index (χ4n) is 3.65. The highest BCUT2D eigenvalue weighted by atomic mass is 19.1. The molecule has 0 spiro atoms. The normalized spacial score (nSPS) is 16.0. The van der Waals surface area contributed by atoms with Crippen molar-refractivity contribution in [3.63, 3.8) is 0 Å². The third kappa shape index (κ3) is 4.23. The van der Waals surface area contributed by atoms with Gasteiger partial charge in [-0.1, -0.05) is 32.6 Å². The van der Waals surface area contributed by atoms with Gasteiger partial charge < -0.3 is 9.80 Å². The molecule has 31 heavy (non-hydrogen) atoms. The molecule has 1 unspecified atom stereocenters. The molecule has 2 aromatic heterocycles. The Hall–Kier alpha value is -3.42. The second kappa shape index (κ2) is 9.59. The van der Waals surface area contributed by atoms with Gasteiger partial charge in [0.2, 0.25) is 5.91 Å². The summed E-state index contributed by atoms with van der Waals surface area (Å²) in [6, 6.07) is 5.86. The van der Waals surface area contributed by atoms with Gasteiger partial charge in [-0.15, -0.1) is 0 Å². The molecule has 1 aromatic carbocycles. The van der Waals surface area contributed by atoms with Gasteiger partial charge in [0.25, 0.3) is 0 Å². The zero-order valence-electron chi connectivity index (χ0n) is 17.8. The number of carbonyl (C=O) groups excluding carboxylic acids is 1. The highest BCUT2D eigenvalue weighted by Gasteiger charge is 2.28. The van der Waals surface area contributed by atoms with Crippen LogP contribution in [0.25, 0.3) is 22.2 Å². The Bertz CT molecular complexity index is 1100. The van der Waals surface area contributed by atoms with Gasteiger partial charge in [-0.3, -0.25) is 9.78 Å². The number of rotatable bonds is 3. The van der Waals surface area contributed by atoms with Gasteiger partial charge in [0.05, 0.1) is 5.39 Å². The van der Waals surface area contributed by atoms with Gasteiger partial charge in [0.15, 0.2) is 5.82 Å². The molecule has 4 rings (SSSR count). The monoisotopic (exact) mass is 425 g/mol. The van der Waals surface area contributed by atoms with Gasteiger partial charge in [0.1, 0.15) is 29.2 Å². The average molecular weight is 425 g/mol. The summed E-state index contributed by atoms with van der Waals surface area (Å²) in [5.74, 6) is -0.820. The second-order valence-corrected chi connectivity index (χ2v) is 6.89. The van der Waals surface area contributed by atoms with Crippen molar-refractivity contribution in [3.05, 3.63) is 61.1 Å². The zero-order valence-corrected chi connectivity index (χ0v) is 17.8. The molecule has 162 valence electrons. The van der Waals surface area contributed by atoms with Crippen molar-refractivity contribution < 1.29 is 13.6 Å². The first-order valence-corrected chi connectivity index (χ1v) is 10.2. The van der Waals surface area contributed by atoms with Gasteiger partial charge >= 0.3 is 0 Å². The number of benzene rings is 1. The highest BCUT2D eigenvalue weighted by molar-refractivity contribution is 5.92. The van der Waals surface area contributed by atoms with Crippen molar-refractivity contribution in [2.75, 3.05) is 24.5 Å². The Labute approximate surface area is 180 Å². The first-order chi connectivity index (χ1) is 15.0. The molecule has 3 heterocycles. The van der Waals surface area contributed by atoms with Crippen LogP contribution in [0, 0.1) is 11.6 Å². The summed E-state index contributed by atoms with van der Waals surface area (Å²) >= 11 is 0. The van der Waals surface area contributed by atoms with Crippen molar-refractivity contribution in [3.8, 4) is 11.3 Å². The summed E-state index contributed by atoms with van der Waals surface area (Å²) in [4.78, 5) is 28.2. The largest absolute Gasteiger partial charge is 0.350 e. The van der Waals surface area contributed by atoms with Gasteiger partial charge in [-0.05, 0) is 25.1 Å². The average Bonchev–Trinajstić information content (AvgIpc) is 2.80. The number of piperazine rings is 1. The predicted octanol–water partition coefficient (Wildman–Crippen LogP) is 4.22. The second-order valence-electron chi connectivity index (χ2n) is 6.89. The number of aromatic nitrogens is 3. The van der Waals surface area contributed by atoms with Crippen molar-refractivity contribution in [1.29, 1.82) is 0 Å². The number of nitrogens with zero attached hydrogens (tertiary/aromatic N) is 5. The van der Waals surface area contributed by atoms with Crippen LogP contribution in [0.3, 0.4) is 0 Å². The molecule has 6 nitrogen and oxygen atoms in total. The molecule has 0 bridgehead atoms. The highest BCUT2D eigenvalue weighted by Crippen LogP contribution is 2.32. The standard InChI is InChI=1S/C21H19F2N5O.C2H6/c1-3-17(29)27-8-9-28(13(2)11-27)21-15-10-24-19(14-6-4-5-7-16(14)22)18(23)20(15)25-12-26-21;1-2/h3-7,10,12-13H,1,8-9,11H2,2H3;1-2H3. The fourth-order valence-corrected chi connectivity index (χ4v) is 3.65. The molecular formula is C23H25F2N5O. The molecule has 1 amide bonds. The minimum Gasteiger partial charge on any atom is -0.350 e. The van der Waals surface area contributed by atoms with Crippen LogP contribution in [0.15, 0.2) is 49.4 Å². The predicted molar refractivity (Wildman–Crippen MR) is 118 cm³/mol. The third-order valence-electron chi connectivity index (χ3n) is 5.12. The van der Waals surface area contributed by atoms with Crippen LogP contribution in [-0.4, -0.2) is 51.4 Å². The Kier molecular flexibility index (Phi) is 6.89. The van der Waals surface area contributed by atoms with E-state index in [9.17, 15) is 9.18 Å². The number of fused-ring (bicyclic) bond motifs is 1. The van der Waals surface area contributed by atoms with Crippen molar-refractivity contribution in [2.45, 2.75) is 26.8 Å². The Morgan fingerprint density at radius 2 is 1.90 bits per heavy atom. The van der Waals surface area contributed by atoms with E-state index in [-0.39, 0.29) is 28.7 Å². The topological polar surface area (TPSA) is 62.2 Å². The molecule has 0 N–H and O–H groups in total. The first-order valence-electron chi connectivity index (χ1n) is 10.2. The minimum atomic E-state index is -0.690. The van der Waals surface area contributed by atoms with Crippen LogP contribution < -0.4 is 4.90 Å². The number of pyridine rings is 1. The van der Waals surface area contributed by atoms with Crippen LogP contribution in [0.5, 0.6) is 0 Å². The number of amides is 1. The Morgan fingerprint density at radius 1 is 1.16 bits per heavy atom. The SMILES string of the molecule is C=CC(=O)N1CCN(c2ncnc3c(F)c(-c4ccccc4F)ncc23)C(C)C1.CC. The maximum Gasteiger partial charge on any atom is 0.246 e. The van der Waals surface area contributed by atoms with Crippen LogP contribution in [-0.2, 0) is 4.79 Å². The summed E-state index contributed by atoms with van der Waals surface area (Å²) in [7, 11) is 0. The van der Waals surface area contributed by atoms with Crippen molar-refractivity contribution >= 4 is 22.6 Å². The minimum absolute atomic E-state index is 0.0416. The third-order valence-corrected chi connectivity index (χ3v) is 5.12. The van der Waals surface area contributed by atoms with Gasteiger partial charge in [-0.25, -0.2) is 18.7 Å². The van der Waals surface area contributed by atoms with E-state index >= 15 is 4.39 Å². The number of carbonyl (C=O) groups is 1. The Balaban J connectivity index is 0.00000132. The lowest BCUT2D eigenvalue weighted by molar-refractivity contribution is -0.126. The zero-order chi connectivity index (χ0) is 22.5. The molecule has 3 aromatic rings. The summed E-state index contributed by atoms with van der Waals surface area (Å²) in [6.45, 7) is 11.0. The number of halogens is 2. The number of hydrogen-bond acceptors (Lipinski definition) is 5. The van der Waals surface area contributed by atoms with Crippen molar-refractivity contribution in [2.24, 2.45) is 0 Å². The van der Waals surface area contributed by atoms with E-state index in [0.717, 1.165) is 0 Å². The molecule has 0 saturated carbocycles. The summed E-state index contributed by atoms with van der Waals surface area (Å²) in [5, 5.41) is 0.445. The molecule has 0 radical (unpaired) electrons. The maximum absolute atomic E-state index is 15.2. The van der Waals surface area contributed by atoms with Crippen LogP contribution >= 0.6 is 0 Å². The lowest BCUT2D eigenvalue weighted by Crippen LogP contribution is -2.53. The van der Waals surface area contributed by atoms with E-state index in [0.29, 0.717) is 30.8 Å². The smallest absolute Gasteiger partial charge is 0.246 e. The number of hydrogen-bond donors (Lipinski definition) is 0. The van der Waals surface area contributed by atoms with E-state index in [4.69, 9.17) is 0 Å². The van der Waals surface area contributed by atoms with E-state index in [1.165, 1.54) is 36.8 Å². The first kappa shape index (κ1) is 22.3. The quantitative estimate of drug-likeness (QED) is 0.588. The van der Waals surface area contributed by atoms with Crippen LogP contribution in [0.1, 0.15) is 20.8 Å². The summed E-state index contributed by atoms with van der Waals surface area (Å²) in [6.07, 6.45) is 4.06. The molecule has 1 aliphatic rings. The van der Waals surface area contributed by atoms with E-state index in [1.807, 2.05) is 25.7 Å². The molecule has 8 heteroatoms. The molecule has 0 aliphatic carbocycles. The molecule has 1 atom stereocenters. The lowest BCUT2D eigenvalue weighted by atomic mass is 10.1. The van der Waals surface area contributed by atoms with Crippen molar-refractivity contribution in [1.82, 2.24) is 19.9 Å². The Morgan fingerprint density at radius 3 is 2.58 bits per heavy atom. The molecule has 1 fully saturated rings. The molecular weight excluding hydrogens is 400 g/mol. The molecule has 1 aliphatic heterocycles. The van der Waals surface area contributed by atoms with Crippen LogP contribution in [0.2, 0.25) is 0 Å².